The Morgan fingerprint density at radius 1 is 1.20 bits per heavy atom. The first-order valence-corrected chi connectivity index (χ1v) is 15.2. The van der Waals surface area contributed by atoms with Crippen LogP contribution in [0.1, 0.15) is 11.3 Å². The van der Waals surface area contributed by atoms with E-state index in [1.165, 1.54) is 11.0 Å². The van der Waals surface area contributed by atoms with Crippen LogP contribution in [0.2, 0.25) is 5.02 Å². The number of piperazine rings is 1. The Labute approximate surface area is 265 Å². The molecule has 0 N–H and O–H groups in total. The number of anilines is 2. The molecule has 236 valence electrons. The van der Waals surface area contributed by atoms with Crippen molar-refractivity contribution < 1.29 is 23.0 Å². The van der Waals surface area contributed by atoms with Gasteiger partial charge in [0.2, 0.25) is 6.54 Å². The molecular formula is C32H34ClF2N7O3. The minimum absolute atomic E-state index is 0.0161. The third-order valence-electron chi connectivity index (χ3n) is 8.77. The molecule has 3 aliphatic heterocycles. The molecule has 0 unspecified atom stereocenters. The van der Waals surface area contributed by atoms with Gasteiger partial charge in [0.1, 0.15) is 23.8 Å². The molecule has 4 heterocycles. The average Bonchev–Trinajstić information content (AvgIpc) is 3.50. The Kier molecular flexibility index (Phi) is 8.77. The minimum Gasteiger partial charge on any atom is -0.456 e. The lowest BCUT2D eigenvalue weighted by Crippen LogP contribution is -2.57. The van der Waals surface area contributed by atoms with E-state index in [1.807, 2.05) is 42.1 Å². The highest BCUT2D eigenvalue weighted by Gasteiger charge is 2.37. The van der Waals surface area contributed by atoms with Crippen LogP contribution in [0.15, 0.2) is 42.7 Å². The summed E-state index contributed by atoms with van der Waals surface area (Å²) in [6, 6.07) is 8.52. The topological polar surface area (TPSA) is 78.6 Å². The van der Waals surface area contributed by atoms with Gasteiger partial charge in [0.05, 0.1) is 36.5 Å². The van der Waals surface area contributed by atoms with Gasteiger partial charge in [-0.05, 0) is 38.0 Å². The van der Waals surface area contributed by atoms with E-state index in [1.54, 1.807) is 6.07 Å². The summed E-state index contributed by atoms with van der Waals surface area (Å²) >= 11 is 6.48. The maximum absolute atomic E-state index is 14.6. The highest BCUT2D eigenvalue weighted by Crippen LogP contribution is 2.38. The van der Waals surface area contributed by atoms with E-state index in [9.17, 15) is 13.6 Å². The highest BCUT2D eigenvalue weighted by molar-refractivity contribution is 6.36. The fraction of sp³-hybridized carbons (Fsp3) is 0.438. The molecule has 2 fully saturated rings. The number of amides is 1. The fourth-order valence-electron chi connectivity index (χ4n) is 6.45. The molecule has 3 aromatic rings. The van der Waals surface area contributed by atoms with Crippen LogP contribution in [-0.2, 0) is 22.5 Å². The number of hydrogen-bond donors (Lipinski definition) is 0. The number of hydrogen-bond acceptors (Lipinski definition) is 8. The average molecular weight is 638 g/mol. The normalized spacial score (nSPS) is 21.6. The van der Waals surface area contributed by atoms with Crippen LogP contribution >= 0.6 is 11.6 Å². The summed E-state index contributed by atoms with van der Waals surface area (Å²) in [4.78, 5) is 33.4. The Bertz CT molecular complexity index is 1680. The van der Waals surface area contributed by atoms with Crippen molar-refractivity contribution in [2.75, 3.05) is 69.8 Å². The SMILES string of the molecule is [C-]#[N+]C[C@H]1CN(c2nc(O[C@@H]3COC[C@@H]3N(C)C)nc3c2CCN(c2cccc4ccc(F)c(Cl)c24)C3)CCN1C(=O)C(=C)F. The number of nitrogens with zero attached hydrogens (tertiary/aromatic N) is 7. The Morgan fingerprint density at radius 3 is 2.78 bits per heavy atom. The van der Waals surface area contributed by atoms with Gasteiger partial charge in [-0.1, -0.05) is 36.4 Å². The Hall–Kier alpha value is -4.05. The second-order valence-corrected chi connectivity index (χ2v) is 12.1. The van der Waals surface area contributed by atoms with Gasteiger partial charge in [0.25, 0.3) is 5.91 Å². The number of carbonyl (C=O) groups is 1. The summed E-state index contributed by atoms with van der Waals surface area (Å²) in [6.45, 7) is 13.4. The van der Waals surface area contributed by atoms with Crippen molar-refractivity contribution in [1.29, 1.82) is 0 Å². The van der Waals surface area contributed by atoms with Crippen LogP contribution in [0.25, 0.3) is 15.6 Å². The fourth-order valence-corrected chi connectivity index (χ4v) is 6.72. The van der Waals surface area contributed by atoms with Gasteiger partial charge in [-0.2, -0.15) is 9.97 Å². The molecule has 13 heteroatoms. The smallest absolute Gasteiger partial charge is 0.319 e. The van der Waals surface area contributed by atoms with Gasteiger partial charge < -0.3 is 33.9 Å². The lowest BCUT2D eigenvalue weighted by atomic mass is 10.0. The number of fused-ring (bicyclic) bond motifs is 2. The van der Waals surface area contributed by atoms with Crippen LogP contribution < -0.4 is 14.5 Å². The van der Waals surface area contributed by atoms with E-state index in [-0.39, 0.29) is 36.3 Å². The lowest BCUT2D eigenvalue weighted by molar-refractivity contribution is -0.131. The van der Waals surface area contributed by atoms with Gasteiger partial charge in [-0.25, -0.2) is 15.4 Å². The van der Waals surface area contributed by atoms with Gasteiger partial charge in [0.15, 0.2) is 5.83 Å². The van der Waals surface area contributed by atoms with Crippen molar-refractivity contribution >= 4 is 39.8 Å². The summed E-state index contributed by atoms with van der Waals surface area (Å²) in [5.74, 6) is -1.66. The van der Waals surface area contributed by atoms with E-state index < -0.39 is 23.6 Å². The summed E-state index contributed by atoms with van der Waals surface area (Å²) < 4.78 is 40.5. The number of rotatable bonds is 7. The molecule has 2 aromatic carbocycles. The molecule has 10 nitrogen and oxygen atoms in total. The van der Waals surface area contributed by atoms with Crippen molar-refractivity contribution in [2.45, 2.75) is 31.2 Å². The van der Waals surface area contributed by atoms with E-state index in [0.29, 0.717) is 57.0 Å². The van der Waals surface area contributed by atoms with E-state index in [4.69, 9.17) is 37.6 Å². The number of benzene rings is 2. The summed E-state index contributed by atoms with van der Waals surface area (Å²) in [6.07, 6.45) is 0.292. The molecule has 1 amide bonds. The van der Waals surface area contributed by atoms with Crippen molar-refractivity contribution in [1.82, 2.24) is 19.8 Å². The van der Waals surface area contributed by atoms with Gasteiger partial charge >= 0.3 is 6.01 Å². The maximum Gasteiger partial charge on any atom is 0.319 e. The molecule has 1 aromatic heterocycles. The summed E-state index contributed by atoms with van der Waals surface area (Å²) in [7, 11) is 3.93. The highest BCUT2D eigenvalue weighted by atomic mass is 35.5. The number of carbonyl (C=O) groups excluding carboxylic acids is 1. The molecule has 0 saturated carbocycles. The third kappa shape index (κ3) is 6.00. The van der Waals surface area contributed by atoms with Gasteiger partial charge in [-0.15, -0.1) is 0 Å². The first-order chi connectivity index (χ1) is 21.7. The molecule has 45 heavy (non-hydrogen) atoms. The molecule has 0 bridgehead atoms. The second-order valence-electron chi connectivity index (χ2n) is 11.7. The predicted octanol–water partition coefficient (Wildman–Crippen LogP) is 4.11. The maximum atomic E-state index is 14.6. The predicted molar refractivity (Wildman–Crippen MR) is 168 cm³/mol. The van der Waals surface area contributed by atoms with E-state index >= 15 is 0 Å². The molecule has 0 aliphatic carbocycles. The summed E-state index contributed by atoms with van der Waals surface area (Å²) in [5, 5.41) is 1.55. The molecule has 3 atom stereocenters. The first kappa shape index (κ1) is 31.0. The molecule has 0 radical (unpaired) electrons. The van der Waals surface area contributed by atoms with Crippen LogP contribution in [0, 0.1) is 12.4 Å². The monoisotopic (exact) mass is 637 g/mol. The largest absolute Gasteiger partial charge is 0.456 e. The standard InChI is InChI=1S/C32H34ClF2N7O3/c1-19(34)31(43)42-13-12-41(15-21(42)14-36-2)30-22-10-11-40(25-7-5-6-20-8-9-23(35)29(33)28(20)25)16-24(22)37-32(38-30)45-27-18-44-17-26(27)39(3)4/h5-9,21,26-27H,1,10-18H2,3-4H3/t21-,26-,27+/m0/s1. The van der Waals surface area contributed by atoms with E-state index in [2.05, 4.69) is 16.3 Å². The van der Waals surface area contributed by atoms with Crippen molar-refractivity contribution in [3.63, 3.8) is 0 Å². The number of likely N-dealkylation sites (N-methyl/N-ethyl adjacent to an activating group) is 1. The molecule has 6 rings (SSSR count). The molecular weight excluding hydrogens is 604 g/mol. The third-order valence-corrected chi connectivity index (χ3v) is 9.14. The van der Waals surface area contributed by atoms with Crippen LogP contribution in [0.3, 0.4) is 0 Å². The zero-order valence-corrected chi connectivity index (χ0v) is 25.9. The van der Waals surface area contributed by atoms with Crippen LogP contribution in [0.4, 0.5) is 20.3 Å². The van der Waals surface area contributed by atoms with Crippen molar-refractivity contribution in [3.8, 4) is 6.01 Å². The zero-order chi connectivity index (χ0) is 31.8. The van der Waals surface area contributed by atoms with Crippen LogP contribution in [0.5, 0.6) is 6.01 Å². The van der Waals surface area contributed by atoms with Crippen molar-refractivity contribution in [3.05, 3.63) is 76.3 Å². The molecule has 0 spiro atoms. The number of halogens is 3. The molecule has 3 aliphatic rings. The van der Waals surface area contributed by atoms with Gasteiger partial charge in [0, 0.05) is 42.8 Å². The zero-order valence-electron chi connectivity index (χ0n) is 25.2. The quantitative estimate of drug-likeness (QED) is 0.283. The Balaban J connectivity index is 1.38. The Morgan fingerprint density at radius 2 is 2.02 bits per heavy atom. The number of aromatic nitrogens is 2. The second kappa shape index (κ2) is 12.7. The number of ether oxygens (including phenoxy) is 2. The first-order valence-electron chi connectivity index (χ1n) is 14.8. The van der Waals surface area contributed by atoms with Gasteiger partial charge in [-0.3, -0.25) is 4.79 Å². The van der Waals surface area contributed by atoms with Crippen LogP contribution in [-0.4, -0.2) is 104 Å². The van der Waals surface area contributed by atoms with Crippen molar-refractivity contribution in [2.24, 2.45) is 0 Å². The summed E-state index contributed by atoms with van der Waals surface area (Å²) in [5.41, 5.74) is 2.49. The minimum atomic E-state index is -1.05. The lowest BCUT2D eigenvalue weighted by Gasteiger charge is -2.41. The van der Waals surface area contributed by atoms with E-state index in [0.717, 1.165) is 22.3 Å². The molecule has 2 saturated heterocycles.